The number of hydrogen-bond donors (Lipinski definition) is 2. The van der Waals surface area contributed by atoms with E-state index in [9.17, 15) is 8.78 Å². The minimum Gasteiger partial charge on any atom is -0.397 e. The van der Waals surface area contributed by atoms with Crippen LogP contribution in [-0.2, 0) is 0 Å². The Balaban J connectivity index is 3.05. The minimum absolute atomic E-state index is 0.218. The van der Waals surface area contributed by atoms with E-state index < -0.39 is 11.6 Å². The molecule has 12 heavy (non-hydrogen) atoms. The van der Waals surface area contributed by atoms with Crippen molar-refractivity contribution in [3.63, 3.8) is 0 Å². The third-order valence-electron chi connectivity index (χ3n) is 1.46. The lowest BCUT2D eigenvalue weighted by Crippen LogP contribution is -2.02. The molecule has 4 heteroatoms. The number of halogens is 2. The fourth-order valence-corrected chi connectivity index (χ4v) is 0.906. The summed E-state index contributed by atoms with van der Waals surface area (Å²) in [5.41, 5.74) is 6.05. The van der Waals surface area contributed by atoms with Gasteiger partial charge in [0, 0.05) is 18.7 Å². The molecule has 0 radical (unpaired) electrons. The second kappa shape index (κ2) is 3.38. The number of benzene rings is 1. The van der Waals surface area contributed by atoms with Gasteiger partial charge in [-0.1, -0.05) is 0 Å². The molecule has 0 atom stereocenters. The van der Waals surface area contributed by atoms with Crippen LogP contribution in [-0.4, -0.2) is 6.54 Å². The molecule has 0 aliphatic carbocycles. The molecule has 0 spiro atoms. The van der Waals surface area contributed by atoms with Gasteiger partial charge >= 0.3 is 0 Å². The van der Waals surface area contributed by atoms with E-state index in [4.69, 9.17) is 5.73 Å². The van der Waals surface area contributed by atoms with Gasteiger partial charge in [0.2, 0.25) is 0 Å². The van der Waals surface area contributed by atoms with Crippen LogP contribution in [0, 0.1) is 11.6 Å². The van der Waals surface area contributed by atoms with Crippen LogP contribution in [0.5, 0.6) is 0 Å². The standard InChI is InChI=1S/C8H10F2N2/c1-2-12-8-4-6(10)5(9)3-7(8)11/h3-4,12H,2,11H2,1H3. The molecule has 2 nitrogen and oxygen atoms in total. The van der Waals surface area contributed by atoms with E-state index in [-0.39, 0.29) is 5.69 Å². The number of nitrogen functional groups attached to an aromatic ring is 1. The van der Waals surface area contributed by atoms with Crippen LogP contribution in [0.15, 0.2) is 12.1 Å². The van der Waals surface area contributed by atoms with Crippen LogP contribution in [0.3, 0.4) is 0 Å². The first kappa shape index (κ1) is 8.77. The molecule has 1 rings (SSSR count). The minimum atomic E-state index is -0.922. The van der Waals surface area contributed by atoms with E-state index in [1.165, 1.54) is 0 Å². The molecule has 0 bridgehead atoms. The number of anilines is 2. The Morgan fingerprint density at radius 3 is 2.50 bits per heavy atom. The van der Waals surface area contributed by atoms with Crippen molar-refractivity contribution in [1.82, 2.24) is 0 Å². The van der Waals surface area contributed by atoms with Crippen LogP contribution in [0.4, 0.5) is 20.2 Å². The monoisotopic (exact) mass is 172 g/mol. The van der Waals surface area contributed by atoms with E-state index in [1.54, 1.807) is 0 Å². The van der Waals surface area contributed by atoms with Gasteiger partial charge in [-0.3, -0.25) is 0 Å². The molecule has 3 N–H and O–H groups in total. The van der Waals surface area contributed by atoms with E-state index in [0.29, 0.717) is 12.2 Å². The highest BCUT2D eigenvalue weighted by molar-refractivity contribution is 5.66. The number of rotatable bonds is 2. The summed E-state index contributed by atoms with van der Waals surface area (Å²) >= 11 is 0. The number of nitrogens with two attached hydrogens (primary N) is 1. The Bertz CT molecular complexity index is 287. The van der Waals surface area contributed by atoms with Crippen molar-refractivity contribution in [3.8, 4) is 0 Å². The van der Waals surface area contributed by atoms with Gasteiger partial charge in [-0.15, -0.1) is 0 Å². The summed E-state index contributed by atoms with van der Waals surface area (Å²) in [5.74, 6) is -1.81. The molecular formula is C8H10F2N2. The van der Waals surface area contributed by atoms with Gasteiger partial charge < -0.3 is 11.1 Å². The predicted molar refractivity (Wildman–Crippen MR) is 44.9 cm³/mol. The Kier molecular flexibility index (Phi) is 2.47. The molecule has 0 aromatic heterocycles. The second-order valence-corrected chi connectivity index (χ2v) is 2.38. The molecule has 0 saturated carbocycles. The van der Waals surface area contributed by atoms with Crippen LogP contribution >= 0.6 is 0 Å². The van der Waals surface area contributed by atoms with Gasteiger partial charge in [-0.2, -0.15) is 0 Å². The van der Waals surface area contributed by atoms with Crippen molar-refractivity contribution >= 4 is 11.4 Å². The predicted octanol–water partition coefficient (Wildman–Crippen LogP) is 1.98. The molecule has 0 aliphatic rings. The first-order valence-electron chi connectivity index (χ1n) is 3.63. The normalized spacial score (nSPS) is 9.92. The largest absolute Gasteiger partial charge is 0.397 e. The van der Waals surface area contributed by atoms with Gasteiger partial charge in [0.15, 0.2) is 11.6 Å². The topological polar surface area (TPSA) is 38.0 Å². The molecule has 0 heterocycles. The Morgan fingerprint density at radius 2 is 1.92 bits per heavy atom. The zero-order valence-electron chi connectivity index (χ0n) is 6.70. The summed E-state index contributed by atoms with van der Waals surface area (Å²) < 4.78 is 25.1. The van der Waals surface area contributed by atoms with Crippen LogP contribution in [0.1, 0.15) is 6.92 Å². The Hall–Kier alpha value is -1.32. The average Bonchev–Trinajstić information content (AvgIpc) is 2.01. The quantitative estimate of drug-likeness (QED) is 0.669. The first-order valence-corrected chi connectivity index (χ1v) is 3.63. The van der Waals surface area contributed by atoms with E-state index in [2.05, 4.69) is 5.32 Å². The molecule has 0 unspecified atom stereocenters. The SMILES string of the molecule is CCNc1cc(F)c(F)cc1N. The van der Waals surface area contributed by atoms with Crippen molar-refractivity contribution in [2.45, 2.75) is 6.92 Å². The van der Waals surface area contributed by atoms with Crippen LogP contribution in [0.25, 0.3) is 0 Å². The lowest BCUT2D eigenvalue weighted by molar-refractivity contribution is 0.509. The molecule has 0 amide bonds. The molecule has 0 saturated heterocycles. The maximum atomic E-state index is 12.6. The number of nitrogens with one attached hydrogen (secondary N) is 1. The van der Waals surface area contributed by atoms with Gasteiger partial charge in [0.05, 0.1) is 11.4 Å². The molecule has 66 valence electrons. The van der Waals surface area contributed by atoms with Gasteiger partial charge in [0.1, 0.15) is 0 Å². The maximum Gasteiger partial charge on any atom is 0.161 e. The molecule has 0 aliphatic heterocycles. The van der Waals surface area contributed by atoms with Crippen molar-refractivity contribution in [3.05, 3.63) is 23.8 Å². The van der Waals surface area contributed by atoms with E-state index in [1.807, 2.05) is 6.92 Å². The third kappa shape index (κ3) is 1.64. The average molecular weight is 172 g/mol. The Morgan fingerprint density at radius 1 is 1.33 bits per heavy atom. The lowest BCUT2D eigenvalue weighted by Gasteiger charge is -2.06. The molecule has 1 aromatic rings. The summed E-state index contributed by atoms with van der Waals surface area (Å²) in [6.45, 7) is 2.47. The van der Waals surface area contributed by atoms with Gasteiger partial charge in [-0.05, 0) is 6.92 Å². The van der Waals surface area contributed by atoms with Crippen LogP contribution < -0.4 is 11.1 Å². The number of hydrogen-bond acceptors (Lipinski definition) is 2. The smallest absolute Gasteiger partial charge is 0.161 e. The van der Waals surface area contributed by atoms with Crippen LogP contribution in [0.2, 0.25) is 0 Å². The zero-order valence-corrected chi connectivity index (χ0v) is 6.70. The fraction of sp³-hybridized carbons (Fsp3) is 0.250. The van der Waals surface area contributed by atoms with Gasteiger partial charge in [-0.25, -0.2) is 8.78 Å². The highest BCUT2D eigenvalue weighted by Crippen LogP contribution is 2.21. The van der Waals surface area contributed by atoms with Crippen molar-refractivity contribution in [2.24, 2.45) is 0 Å². The van der Waals surface area contributed by atoms with Crippen molar-refractivity contribution < 1.29 is 8.78 Å². The third-order valence-corrected chi connectivity index (χ3v) is 1.46. The van der Waals surface area contributed by atoms with Crippen molar-refractivity contribution in [1.29, 1.82) is 0 Å². The summed E-state index contributed by atoms with van der Waals surface area (Å²) in [5, 5.41) is 2.81. The Labute approximate surface area is 69.4 Å². The van der Waals surface area contributed by atoms with Crippen molar-refractivity contribution in [2.75, 3.05) is 17.6 Å². The van der Waals surface area contributed by atoms with Gasteiger partial charge in [0.25, 0.3) is 0 Å². The highest BCUT2D eigenvalue weighted by atomic mass is 19.2. The highest BCUT2D eigenvalue weighted by Gasteiger charge is 2.05. The summed E-state index contributed by atoms with van der Waals surface area (Å²) in [4.78, 5) is 0. The second-order valence-electron chi connectivity index (χ2n) is 2.38. The molecular weight excluding hydrogens is 162 g/mol. The summed E-state index contributed by atoms with van der Waals surface area (Å²) in [7, 11) is 0. The fourth-order valence-electron chi connectivity index (χ4n) is 0.906. The summed E-state index contributed by atoms with van der Waals surface area (Å²) in [6.07, 6.45) is 0. The molecule has 1 aromatic carbocycles. The molecule has 0 fully saturated rings. The zero-order chi connectivity index (χ0) is 9.14. The van der Waals surface area contributed by atoms with E-state index in [0.717, 1.165) is 12.1 Å². The lowest BCUT2D eigenvalue weighted by atomic mass is 10.2. The summed E-state index contributed by atoms with van der Waals surface area (Å²) in [6, 6.07) is 2.02. The van der Waals surface area contributed by atoms with E-state index >= 15 is 0 Å². The first-order chi connectivity index (χ1) is 5.65. The maximum absolute atomic E-state index is 12.6.